The normalized spacial score (nSPS) is 21.1. The van der Waals surface area contributed by atoms with E-state index in [1.165, 1.54) is 6.42 Å². The first-order valence-corrected chi connectivity index (χ1v) is 7.41. The van der Waals surface area contributed by atoms with Gasteiger partial charge in [0.05, 0.1) is 0 Å². The average Bonchev–Trinajstić information content (AvgIpc) is 2.44. The van der Waals surface area contributed by atoms with Gasteiger partial charge in [-0.05, 0) is 34.6 Å². The summed E-state index contributed by atoms with van der Waals surface area (Å²) in [5, 5.41) is 0. The Morgan fingerprint density at radius 2 is 1.21 bits per heavy atom. The van der Waals surface area contributed by atoms with Crippen molar-refractivity contribution in [3.05, 3.63) is 70.8 Å². The molecule has 0 unspecified atom stereocenters. The van der Waals surface area contributed by atoms with Crippen LogP contribution in [0.1, 0.15) is 61.3 Å². The van der Waals surface area contributed by atoms with Gasteiger partial charge in [-0.2, -0.15) is 0 Å². The highest BCUT2D eigenvalue weighted by atomic mass is 14.4. The average molecular weight is 250 g/mol. The number of hydrogen-bond donors (Lipinski definition) is 0. The highest BCUT2D eigenvalue weighted by Gasteiger charge is 2.32. The first-order valence-electron chi connectivity index (χ1n) is 7.41. The Bertz CT molecular complexity index is 533. The molecule has 0 N–H and O–H groups in total. The molecule has 0 heteroatoms. The van der Waals surface area contributed by atoms with Crippen LogP contribution in [0.15, 0.2) is 48.5 Å². The quantitative estimate of drug-likeness (QED) is 0.675. The van der Waals surface area contributed by atoms with E-state index in [2.05, 4.69) is 69.3 Å². The Kier molecular flexibility index (Phi) is 3.18. The van der Waals surface area contributed by atoms with E-state index in [1.54, 1.807) is 22.3 Å². The monoisotopic (exact) mass is 250 g/mol. The standard InChI is InChI=1S/C19H22/c1-4-14-15-9-5-7-11-17(15)19(13(2)3)18-12-8-6-10-16(14)18/h5-14,19H,4H2,1-3H3. The van der Waals surface area contributed by atoms with Gasteiger partial charge in [-0.1, -0.05) is 69.3 Å². The molecule has 0 saturated heterocycles. The van der Waals surface area contributed by atoms with Gasteiger partial charge in [0.1, 0.15) is 0 Å². The van der Waals surface area contributed by atoms with Gasteiger partial charge < -0.3 is 0 Å². The summed E-state index contributed by atoms with van der Waals surface area (Å²) in [6.07, 6.45) is 1.18. The van der Waals surface area contributed by atoms with Crippen LogP contribution in [-0.2, 0) is 0 Å². The molecule has 0 spiro atoms. The minimum absolute atomic E-state index is 0.551. The molecule has 1 aliphatic rings. The molecule has 19 heavy (non-hydrogen) atoms. The molecule has 0 atom stereocenters. The Morgan fingerprint density at radius 3 is 1.58 bits per heavy atom. The first kappa shape index (κ1) is 12.5. The van der Waals surface area contributed by atoms with Crippen LogP contribution in [0.5, 0.6) is 0 Å². The van der Waals surface area contributed by atoms with E-state index >= 15 is 0 Å². The Hall–Kier alpha value is -1.56. The number of hydrogen-bond acceptors (Lipinski definition) is 0. The van der Waals surface area contributed by atoms with Crippen molar-refractivity contribution >= 4 is 0 Å². The number of fused-ring (bicyclic) bond motifs is 2. The summed E-state index contributed by atoms with van der Waals surface area (Å²) >= 11 is 0. The number of benzene rings is 2. The summed E-state index contributed by atoms with van der Waals surface area (Å²) < 4.78 is 0. The van der Waals surface area contributed by atoms with E-state index in [0.717, 1.165) is 0 Å². The summed E-state index contributed by atoms with van der Waals surface area (Å²) in [6, 6.07) is 18.1. The molecule has 2 aromatic rings. The zero-order chi connectivity index (χ0) is 13.4. The second-order valence-electron chi connectivity index (χ2n) is 5.94. The largest absolute Gasteiger partial charge is 0.0645 e. The van der Waals surface area contributed by atoms with Crippen LogP contribution >= 0.6 is 0 Å². The van der Waals surface area contributed by atoms with E-state index in [4.69, 9.17) is 0 Å². The molecule has 0 radical (unpaired) electrons. The molecule has 3 rings (SSSR count). The fourth-order valence-corrected chi connectivity index (χ4v) is 3.72. The van der Waals surface area contributed by atoms with Crippen molar-refractivity contribution in [2.75, 3.05) is 0 Å². The molecule has 0 nitrogen and oxygen atoms in total. The predicted molar refractivity (Wildman–Crippen MR) is 81.7 cm³/mol. The van der Waals surface area contributed by atoms with Gasteiger partial charge in [0, 0.05) is 11.8 Å². The van der Waals surface area contributed by atoms with Crippen molar-refractivity contribution in [2.45, 2.75) is 39.0 Å². The van der Waals surface area contributed by atoms with E-state index < -0.39 is 0 Å². The van der Waals surface area contributed by atoms with Gasteiger partial charge in [0.15, 0.2) is 0 Å². The Labute approximate surface area is 116 Å². The second-order valence-corrected chi connectivity index (χ2v) is 5.94. The fourth-order valence-electron chi connectivity index (χ4n) is 3.72. The van der Waals surface area contributed by atoms with E-state index in [-0.39, 0.29) is 0 Å². The van der Waals surface area contributed by atoms with E-state index in [1.807, 2.05) is 0 Å². The van der Waals surface area contributed by atoms with Gasteiger partial charge in [0.2, 0.25) is 0 Å². The topological polar surface area (TPSA) is 0 Å². The van der Waals surface area contributed by atoms with Gasteiger partial charge in [-0.15, -0.1) is 0 Å². The highest BCUT2D eigenvalue weighted by molar-refractivity contribution is 5.52. The lowest BCUT2D eigenvalue weighted by molar-refractivity contribution is 0.534. The maximum absolute atomic E-state index is 2.34. The van der Waals surface area contributed by atoms with Crippen molar-refractivity contribution in [1.82, 2.24) is 0 Å². The number of rotatable bonds is 2. The Balaban J connectivity index is 2.26. The fraction of sp³-hybridized carbons (Fsp3) is 0.368. The SMILES string of the molecule is CCC1c2ccccc2C(C(C)C)c2ccccc21. The second kappa shape index (κ2) is 4.85. The molecular formula is C19H22. The van der Waals surface area contributed by atoms with Crippen LogP contribution in [0.25, 0.3) is 0 Å². The molecule has 1 aliphatic carbocycles. The maximum atomic E-state index is 2.34. The molecular weight excluding hydrogens is 228 g/mol. The van der Waals surface area contributed by atoms with E-state index in [0.29, 0.717) is 17.8 Å². The van der Waals surface area contributed by atoms with Crippen molar-refractivity contribution < 1.29 is 0 Å². The third-order valence-corrected chi connectivity index (χ3v) is 4.49. The third-order valence-electron chi connectivity index (χ3n) is 4.49. The summed E-state index contributed by atoms with van der Waals surface area (Å²) in [7, 11) is 0. The lowest BCUT2D eigenvalue weighted by atomic mass is 9.68. The van der Waals surface area contributed by atoms with Crippen LogP contribution in [0.2, 0.25) is 0 Å². The van der Waals surface area contributed by atoms with Gasteiger partial charge in [-0.25, -0.2) is 0 Å². The van der Waals surface area contributed by atoms with E-state index in [9.17, 15) is 0 Å². The zero-order valence-electron chi connectivity index (χ0n) is 12.1. The third kappa shape index (κ3) is 1.90. The smallest absolute Gasteiger partial charge is 0.0118 e. The van der Waals surface area contributed by atoms with Crippen LogP contribution in [0, 0.1) is 5.92 Å². The zero-order valence-corrected chi connectivity index (χ0v) is 12.1. The summed E-state index contributed by atoms with van der Waals surface area (Å²) in [4.78, 5) is 0. The molecule has 0 aromatic heterocycles. The Morgan fingerprint density at radius 1 is 0.789 bits per heavy atom. The minimum atomic E-state index is 0.551. The summed E-state index contributed by atoms with van der Waals surface area (Å²) in [5.74, 6) is 1.76. The van der Waals surface area contributed by atoms with Crippen LogP contribution in [0.4, 0.5) is 0 Å². The van der Waals surface area contributed by atoms with Crippen LogP contribution < -0.4 is 0 Å². The molecule has 0 bridgehead atoms. The highest BCUT2D eigenvalue weighted by Crippen LogP contribution is 2.47. The van der Waals surface area contributed by atoms with Crippen LogP contribution in [0.3, 0.4) is 0 Å². The lowest BCUT2D eigenvalue weighted by Gasteiger charge is -2.36. The summed E-state index contributed by atoms with van der Waals surface area (Å²) in [5.41, 5.74) is 6.18. The van der Waals surface area contributed by atoms with Gasteiger partial charge in [-0.3, -0.25) is 0 Å². The maximum Gasteiger partial charge on any atom is 0.0118 e. The molecule has 0 heterocycles. The molecule has 0 amide bonds. The molecule has 0 saturated carbocycles. The predicted octanol–water partition coefficient (Wildman–Crippen LogP) is 5.33. The minimum Gasteiger partial charge on any atom is -0.0645 e. The lowest BCUT2D eigenvalue weighted by Crippen LogP contribution is -2.21. The van der Waals surface area contributed by atoms with Crippen molar-refractivity contribution in [2.24, 2.45) is 5.92 Å². The van der Waals surface area contributed by atoms with Crippen molar-refractivity contribution in [3.63, 3.8) is 0 Å². The molecule has 0 aliphatic heterocycles. The summed E-state index contributed by atoms with van der Waals surface area (Å²) in [6.45, 7) is 6.98. The van der Waals surface area contributed by atoms with Crippen molar-refractivity contribution in [1.29, 1.82) is 0 Å². The molecule has 98 valence electrons. The van der Waals surface area contributed by atoms with Crippen molar-refractivity contribution in [3.8, 4) is 0 Å². The molecule has 2 aromatic carbocycles. The van der Waals surface area contributed by atoms with Gasteiger partial charge >= 0.3 is 0 Å². The van der Waals surface area contributed by atoms with Crippen LogP contribution in [-0.4, -0.2) is 0 Å². The first-order chi connectivity index (χ1) is 9.24. The molecule has 0 fully saturated rings. The van der Waals surface area contributed by atoms with Gasteiger partial charge in [0.25, 0.3) is 0 Å².